The number of aromatic nitrogens is 4. The maximum Gasteiger partial charge on any atom is 1.00 e. The third-order valence-corrected chi connectivity index (χ3v) is 25.7. The quantitative estimate of drug-likeness (QED) is 0.0107. The molecule has 1 aliphatic heterocycles. The summed E-state index contributed by atoms with van der Waals surface area (Å²) in [5, 5.41) is 9.63. The molecule has 125 heavy (non-hydrogen) atoms. The first kappa shape index (κ1) is 119. The molecule has 3 radical (unpaired) electrons. The van der Waals surface area contributed by atoms with E-state index >= 15 is 0 Å². The minimum Gasteiger partial charge on any atom is -1.00 e. The fourth-order valence-corrected chi connectivity index (χ4v) is 17.1. The normalized spacial score (nSPS) is 11.1. The van der Waals surface area contributed by atoms with Crippen LogP contribution in [-0.2, 0) is 4.79 Å². The van der Waals surface area contributed by atoms with Crippen molar-refractivity contribution >= 4 is 198 Å². The van der Waals surface area contributed by atoms with E-state index in [1.807, 2.05) is 67.6 Å². The van der Waals surface area contributed by atoms with Crippen molar-refractivity contribution in [3.05, 3.63) is 214 Å². The first-order valence-corrected chi connectivity index (χ1v) is 50.5. The summed E-state index contributed by atoms with van der Waals surface area (Å²) in [5.41, 5.74) is 22.3. The zero-order chi connectivity index (χ0) is 88.3. The van der Waals surface area contributed by atoms with Gasteiger partial charge in [0.1, 0.15) is 50.1 Å². The number of halogens is 8. The Bertz CT molecular complexity index is 4790. The minimum atomic E-state index is -0.499. The molecule has 10 aromatic rings. The summed E-state index contributed by atoms with van der Waals surface area (Å²) in [5.74, 6) is 1.01. The monoisotopic (exact) mass is 2240 g/mol. The Kier molecular flexibility index (Phi) is 65.1. The number of ether oxygens (including phenoxy) is 2. The van der Waals surface area contributed by atoms with Crippen LogP contribution in [0.25, 0.3) is 44.6 Å². The molecule has 677 valence electrons. The predicted octanol–water partition coefficient (Wildman–Crippen LogP) is 29.5. The number of hydrogen-bond donors (Lipinski definition) is 3. The van der Waals surface area contributed by atoms with Gasteiger partial charge < -0.3 is 27.5 Å². The van der Waals surface area contributed by atoms with Crippen LogP contribution in [0.2, 0.25) is 0 Å². The van der Waals surface area contributed by atoms with Crippen molar-refractivity contribution in [3.63, 3.8) is 0 Å². The number of aliphatic hydroxyl groups excluding tert-OH is 1. The van der Waals surface area contributed by atoms with Gasteiger partial charge in [-0.05, 0) is 285 Å². The van der Waals surface area contributed by atoms with Crippen LogP contribution in [0.5, 0.6) is 11.5 Å². The Morgan fingerprint density at radius 3 is 1.10 bits per heavy atom. The van der Waals surface area contributed by atoms with Crippen molar-refractivity contribution in [2.45, 2.75) is 288 Å². The fourth-order valence-electron chi connectivity index (χ4n) is 13.1. The number of unbranched alkanes of at least 4 members (excludes halogenated alkanes) is 22. The molecule has 2 aromatic heterocycles. The molecule has 0 saturated heterocycles. The number of aliphatic hydroxyl groups is 1. The molecule has 3 heterocycles. The van der Waals surface area contributed by atoms with E-state index in [4.69, 9.17) is 46.0 Å². The molecule has 5 N–H and O–H groups in total. The van der Waals surface area contributed by atoms with Crippen LogP contribution >= 0.6 is 139 Å². The topological polar surface area (TPSA) is 218 Å². The summed E-state index contributed by atoms with van der Waals surface area (Å²) < 4.78 is 27.7. The average molecular weight is 2250 g/mol. The van der Waals surface area contributed by atoms with E-state index < -0.39 is 11.6 Å². The molecule has 0 atom stereocenters. The molecule has 0 fully saturated rings. The minimum absolute atomic E-state index is 0. The van der Waals surface area contributed by atoms with E-state index in [1.165, 1.54) is 165 Å². The Balaban J connectivity index is 0.00000154. The van der Waals surface area contributed by atoms with Crippen molar-refractivity contribution in [3.8, 4) is 34.0 Å². The van der Waals surface area contributed by atoms with E-state index in [9.17, 15) is 14.4 Å². The first-order valence-electron chi connectivity index (χ1n) is 43.4. The van der Waals surface area contributed by atoms with Gasteiger partial charge in [0.25, 0.3) is 0 Å². The molecule has 1 aliphatic rings. The average Bonchev–Trinajstić information content (AvgIpc) is 1.48. The second kappa shape index (κ2) is 68.6. The largest absolute Gasteiger partial charge is 1.00 e. The molecule has 0 amide bonds. The number of hydrogen-bond acceptors (Lipinski definition) is 15. The van der Waals surface area contributed by atoms with Crippen LogP contribution in [-0.4, -0.2) is 75.1 Å². The Labute approximate surface area is 845 Å². The number of fused-ring (bicyclic) bond motifs is 3. The number of anilines is 2. The number of ketones is 3. The fraction of sp³-hybridized carbons (Fsp3) is 0.470. The number of rotatable bonds is 41. The summed E-state index contributed by atoms with van der Waals surface area (Å²) in [7, 11) is 0. The predicted molar refractivity (Wildman–Crippen MR) is 558 cm³/mol. The molecule has 8 aromatic carbocycles. The number of Topliss-reactive ketones (excluding diaryl/α,β-unsaturated/α-hetero) is 3. The number of carbonyl (C=O) groups excluding carboxylic acids is 3. The molecule has 14 nitrogen and oxygen atoms in total. The van der Waals surface area contributed by atoms with Gasteiger partial charge in [0.2, 0.25) is 11.6 Å². The van der Waals surface area contributed by atoms with Crippen molar-refractivity contribution < 1.29 is 59.9 Å². The summed E-state index contributed by atoms with van der Waals surface area (Å²) in [6, 6.07) is 46.3. The SMILES string of the molecule is Brc1ccc(Br)c2nsnc12.C.C.CCCCCCC(=O)CCCCCC.CCCCCCC1(CCCCCC)N=c2c(Br)ccc(Br)c2=N1.CCCCCCCCOc1cccc(-c2nc3c(Br)ccc(Br)c3nc2-c2cccc(C)c2)c1.CCCCCCCCOc1cccc(C(=O)C(=O)c2cccc(C)c2)c1.CCO.Nc1c(Br)ccc(Br)c1N.[B].[H-].[Na+]. The van der Waals surface area contributed by atoms with Gasteiger partial charge in [-0.2, -0.15) is 8.75 Å². The van der Waals surface area contributed by atoms with Crippen molar-refractivity contribution in [2.75, 3.05) is 31.3 Å². The summed E-state index contributed by atoms with van der Waals surface area (Å²) in [4.78, 5) is 56.6. The molecular formula is C100H135BBr8N8NaO6S. The number of nitrogens with zero attached hydrogens (tertiary/aromatic N) is 6. The second-order valence-corrected chi connectivity index (χ2v) is 37.6. The number of benzene rings is 8. The van der Waals surface area contributed by atoms with Crippen LogP contribution < -0.4 is 61.2 Å². The zero-order valence-corrected chi connectivity index (χ0v) is 89.4. The van der Waals surface area contributed by atoms with Gasteiger partial charge in [0.05, 0.1) is 47.7 Å². The Hall–Kier alpha value is -4.41. The molecule has 0 spiro atoms. The molecule has 0 saturated carbocycles. The maximum atomic E-state index is 12.5. The van der Waals surface area contributed by atoms with E-state index in [0.29, 0.717) is 40.6 Å². The van der Waals surface area contributed by atoms with Crippen LogP contribution in [0.1, 0.15) is 302 Å². The second-order valence-electron chi connectivity index (χ2n) is 30.2. The van der Waals surface area contributed by atoms with Crippen LogP contribution in [0, 0.1) is 13.8 Å². The van der Waals surface area contributed by atoms with Gasteiger partial charge in [0.15, 0.2) is 5.66 Å². The third kappa shape index (κ3) is 43.2. The van der Waals surface area contributed by atoms with E-state index in [2.05, 4.69) is 233 Å². The van der Waals surface area contributed by atoms with Gasteiger partial charge in [-0.25, -0.2) is 9.97 Å². The Morgan fingerprint density at radius 1 is 0.392 bits per heavy atom. The molecule has 0 aliphatic carbocycles. The van der Waals surface area contributed by atoms with Gasteiger partial charge in [-0.1, -0.05) is 269 Å². The van der Waals surface area contributed by atoms with Crippen LogP contribution in [0.15, 0.2) is 191 Å². The standard InChI is InChI=1S/C29H30Br2N2O.C23H28O3.C19H28Br2N2.C13H26O.C6H2Br2N2S.C6H6Br2N2.C2H6O.2CH4.B.Na.H/c1-3-4-5-6-7-8-17-34-23-14-10-13-22(19-23)27-26(21-12-9-11-20(2)18-21)32-28-24(30)15-16-25(31)29(28)33-27;1-3-4-5-6-7-8-15-26-21-14-10-13-20(17-21)23(25)22(24)19-12-9-11-18(2)16-19;1-3-5-7-9-13-19(14-10-8-6-4-2)22-17-15(20)11-12-16(21)18(17)23-19;1-3-5-7-9-11-13(14)12-10-8-6-4-2;7-3-1-2-4(8)6-5(3)9-11-10-6;7-3-1-2-4(8)6(10)5(3)9;1-2-3;;;;;/h9-16,18-19H,3-8,17H2,1-2H3;9-14,16-17H,3-8,15H2,1-2H3;11-12H,3-10,13-14H2,1-2H3;3-12H2,1-2H3;1-2H;1-2H,9-10H2;3H,2H2,1H3;2*1H4;;;/q;;;;;;;;;;+1;-1. The summed E-state index contributed by atoms with van der Waals surface area (Å²) in [6.45, 7) is 20.7. The summed E-state index contributed by atoms with van der Waals surface area (Å²) >= 11 is 29.1. The number of aryl methyl sites for hydroxylation is 2. The van der Waals surface area contributed by atoms with Crippen molar-refractivity contribution in [2.24, 2.45) is 9.98 Å². The van der Waals surface area contributed by atoms with E-state index in [-0.39, 0.29) is 66.5 Å². The molecule has 25 heteroatoms. The van der Waals surface area contributed by atoms with Gasteiger partial charge in [0, 0.05) is 85.9 Å². The van der Waals surface area contributed by atoms with Crippen LogP contribution in [0.4, 0.5) is 11.4 Å². The molecule has 0 bridgehead atoms. The number of carbonyl (C=O) groups is 3. The third-order valence-electron chi connectivity index (χ3n) is 19.9. The molecular weight excluding hydrogens is 2110 g/mol. The van der Waals surface area contributed by atoms with Crippen molar-refractivity contribution in [1.29, 1.82) is 0 Å². The Morgan fingerprint density at radius 2 is 0.704 bits per heavy atom. The first-order chi connectivity index (χ1) is 58.4. The number of nitrogens with two attached hydrogens (primary N) is 2. The number of nitrogen functional groups attached to an aromatic ring is 2. The van der Waals surface area contributed by atoms with Crippen molar-refractivity contribution in [1.82, 2.24) is 18.7 Å². The smallest absolute Gasteiger partial charge is 1.00 e. The van der Waals surface area contributed by atoms with Gasteiger partial charge >= 0.3 is 29.6 Å². The molecule has 11 rings (SSSR count). The van der Waals surface area contributed by atoms with E-state index in [0.717, 1.165) is 167 Å². The maximum absolute atomic E-state index is 12.5. The summed E-state index contributed by atoms with van der Waals surface area (Å²) in [6.07, 6.45) is 38.5. The van der Waals surface area contributed by atoms with Gasteiger partial charge in [-0.3, -0.25) is 24.4 Å². The van der Waals surface area contributed by atoms with Crippen LogP contribution in [0.3, 0.4) is 0 Å². The molecule has 0 unspecified atom stereocenters. The van der Waals surface area contributed by atoms with Gasteiger partial charge in [-0.15, -0.1) is 0 Å². The zero-order valence-electron chi connectivity index (χ0n) is 74.9. The van der Waals surface area contributed by atoms with E-state index in [1.54, 1.807) is 43.3 Å².